The molecule has 0 aliphatic heterocycles. The molecule has 2 rings (SSSR count). The Bertz CT molecular complexity index is 684. The lowest BCUT2D eigenvalue weighted by Crippen LogP contribution is -2.39. The van der Waals surface area contributed by atoms with Crippen molar-refractivity contribution in [3.63, 3.8) is 0 Å². The van der Waals surface area contributed by atoms with Crippen molar-refractivity contribution >= 4 is 23.2 Å². The van der Waals surface area contributed by atoms with E-state index in [0.717, 1.165) is 10.5 Å². The minimum atomic E-state index is -1.06. The van der Waals surface area contributed by atoms with Crippen molar-refractivity contribution in [3.8, 4) is 0 Å². The second-order valence-corrected chi connectivity index (χ2v) is 5.97. The number of aromatic nitrogens is 1. The van der Waals surface area contributed by atoms with E-state index in [9.17, 15) is 14.0 Å². The van der Waals surface area contributed by atoms with Crippen LogP contribution in [-0.4, -0.2) is 40.0 Å². The van der Waals surface area contributed by atoms with E-state index in [4.69, 9.17) is 5.11 Å². The van der Waals surface area contributed by atoms with Crippen molar-refractivity contribution < 1.29 is 19.1 Å². The van der Waals surface area contributed by atoms with Crippen LogP contribution in [0, 0.1) is 5.82 Å². The van der Waals surface area contributed by atoms with E-state index in [-0.39, 0.29) is 11.7 Å². The third-order valence-corrected chi connectivity index (χ3v) is 4.28. The van der Waals surface area contributed by atoms with Crippen LogP contribution in [0.2, 0.25) is 0 Å². The van der Waals surface area contributed by atoms with Gasteiger partial charge in [0.25, 0.3) is 5.91 Å². The number of aliphatic carboxylic acids is 1. The van der Waals surface area contributed by atoms with E-state index in [1.165, 1.54) is 43.6 Å². The second kappa shape index (κ2) is 6.65. The lowest BCUT2D eigenvalue weighted by atomic mass is 10.2. The summed E-state index contributed by atoms with van der Waals surface area (Å²) >= 11 is 1.21. The van der Waals surface area contributed by atoms with Crippen molar-refractivity contribution in [1.82, 2.24) is 9.88 Å². The van der Waals surface area contributed by atoms with Crippen LogP contribution in [0.1, 0.15) is 27.2 Å². The van der Waals surface area contributed by atoms with Gasteiger partial charge in [0.1, 0.15) is 16.7 Å². The molecule has 0 aliphatic carbocycles. The molecule has 5 nitrogen and oxygen atoms in total. The highest BCUT2D eigenvalue weighted by Crippen LogP contribution is 2.19. The minimum absolute atomic E-state index is 0.303. The van der Waals surface area contributed by atoms with Gasteiger partial charge in [-0.1, -0.05) is 12.1 Å². The molecule has 22 heavy (non-hydrogen) atoms. The van der Waals surface area contributed by atoms with Crippen LogP contribution < -0.4 is 0 Å². The number of thiazole rings is 1. The summed E-state index contributed by atoms with van der Waals surface area (Å²) in [7, 11) is 1.44. The molecule has 1 heterocycles. The first-order valence-electron chi connectivity index (χ1n) is 6.57. The molecule has 0 radical (unpaired) electrons. The van der Waals surface area contributed by atoms with Gasteiger partial charge in [0, 0.05) is 13.5 Å². The summed E-state index contributed by atoms with van der Waals surface area (Å²) in [5.41, 5.74) is 0.891. The van der Waals surface area contributed by atoms with Gasteiger partial charge < -0.3 is 10.0 Å². The molecule has 1 aromatic carbocycles. The fourth-order valence-electron chi connectivity index (χ4n) is 1.78. The molecular weight excluding hydrogens is 307 g/mol. The number of carboxylic acids is 1. The van der Waals surface area contributed by atoms with Crippen molar-refractivity contribution in [1.29, 1.82) is 0 Å². The zero-order valence-electron chi connectivity index (χ0n) is 12.1. The summed E-state index contributed by atoms with van der Waals surface area (Å²) in [6.45, 7) is 1.45. The average Bonchev–Trinajstić information content (AvgIpc) is 2.95. The first-order valence-corrected chi connectivity index (χ1v) is 7.39. The quantitative estimate of drug-likeness (QED) is 0.918. The number of hydrogen-bond donors (Lipinski definition) is 1. The summed E-state index contributed by atoms with van der Waals surface area (Å²) in [6, 6.07) is 5.16. The summed E-state index contributed by atoms with van der Waals surface area (Å²) in [6.07, 6.45) is 1.94. The number of amides is 1. The third-order valence-electron chi connectivity index (χ3n) is 3.29. The molecule has 7 heteroatoms. The zero-order chi connectivity index (χ0) is 16.3. The van der Waals surface area contributed by atoms with Crippen molar-refractivity contribution in [2.45, 2.75) is 19.4 Å². The molecule has 1 atom stereocenters. The fraction of sp³-hybridized carbons (Fsp3) is 0.267. The van der Waals surface area contributed by atoms with E-state index in [2.05, 4.69) is 4.98 Å². The monoisotopic (exact) mass is 322 g/mol. The maximum absolute atomic E-state index is 12.9. The van der Waals surface area contributed by atoms with Gasteiger partial charge >= 0.3 is 5.97 Å². The lowest BCUT2D eigenvalue weighted by Gasteiger charge is -2.20. The first-order chi connectivity index (χ1) is 10.4. The highest BCUT2D eigenvalue weighted by Gasteiger charge is 2.24. The van der Waals surface area contributed by atoms with Crippen molar-refractivity contribution in [2.75, 3.05) is 7.05 Å². The van der Waals surface area contributed by atoms with E-state index < -0.39 is 12.0 Å². The van der Waals surface area contributed by atoms with Gasteiger partial charge in [-0.2, -0.15) is 0 Å². The maximum atomic E-state index is 12.9. The summed E-state index contributed by atoms with van der Waals surface area (Å²) in [4.78, 5) is 28.8. The molecule has 116 valence electrons. The van der Waals surface area contributed by atoms with Crippen LogP contribution >= 0.6 is 11.3 Å². The number of rotatable bonds is 5. The molecule has 1 amide bonds. The fourth-order valence-corrected chi connectivity index (χ4v) is 2.72. The average molecular weight is 322 g/mol. The normalized spacial score (nSPS) is 12.0. The molecule has 1 N–H and O–H groups in total. The number of carboxylic acid groups (broad SMARTS) is 1. The van der Waals surface area contributed by atoms with Crippen molar-refractivity contribution in [2.24, 2.45) is 0 Å². The van der Waals surface area contributed by atoms with Gasteiger partial charge in [0.2, 0.25) is 0 Å². The Morgan fingerprint density at radius 2 is 2.00 bits per heavy atom. The maximum Gasteiger partial charge on any atom is 0.326 e. The Morgan fingerprint density at radius 1 is 1.36 bits per heavy atom. The van der Waals surface area contributed by atoms with Crippen molar-refractivity contribution in [3.05, 3.63) is 51.7 Å². The van der Waals surface area contributed by atoms with E-state index in [0.29, 0.717) is 16.3 Å². The van der Waals surface area contributed by atoms with Crippen LogP contribution in [-0.2, 0) is 11.2 Å². The number of likely N-dealkylation sites (N-methyl/N-ethyl adjacent to an activating group) is 1. The number of benzene rings is 1. The Labute approximate surface area is 131 Å². The largest absolute Gasteiger partial charge is 0.480 e. The zero-order valence-corrected chi connectivity index (χ0v) is 12.9. The Balaban J connectivity index is 2.09. The number of nitrogens with zero attached hydrogens (tertiary/aromatic N) is 2. The summed E-state index contributed by atoms with van der Waals surface area (Å²) in [5, 5.41) is 9.65. The molecule has 1 aromatic heterocycles. The molecular formula is C15H15FN2O3S. The lowest BCUT2D eigenvalue weighted by molar-refractivity contribution is -0.141. The molecule has 0 saturated carbocycles. The Hall–Kier alpha value is -2.28. The first kappa shape index (κ1) is 16.1. The number of halogens is 1. The third kappa shape index (κ3) is 3.67. The van der Waals surface area contributed by atoms with Gasteiger partial charge in [0.05, 0.1) is 11.2 Å². The Morgan fingerprint density at radius 3 is 2.59 bits per heavy atom. The van der Waals surface area contributed by atoms with Crippen LogP contribution in [0.5, 0.6) is 0 Å². The van der Waals surface area contributed by atoms with Gasteiger partial charge in [-0.3, -0.25) is 4.79 Å². The minimum Gasteiger partial charge on any atom is -0.480 e. The molecule has 0 aliphatic rings. The second-order valence-electron chi connectivity index (χ2n) is 4.85. The SMILES string of the molecule is CC(C(=O)O)N(C)C(=O)c1cnc(Cc2ccc(F)cc2)s1. The van der Waals surface area contributed by atoms with Gasteiger partial charge in [0.15, 0.2) is 0 Å². The van der Waals surface area contributed by atoms with E-state index in [1.807, 2.05) is 0 Å². The molecule has 2 aromatic rings. The topological polar surface area (TPSA) is 70.5 Å². The predicted octanol–water partition coefficient (Wildman–Crippen LogP) is 2.42. The number of hydrogen-bond acceptors (Lipinski definition) is 4. The van der Waals surface area contributed by atoms with Gasteiger partial charge in [-0.15, -0.1) is 11.3 Å². The van der Waals surface area contributed by atoms with Gasteiger partial charge in [-0.25, -0.2) is 14.2 Å². The van der Waals surface area contributed by atoms with Crippen LogP contribution in [0.4, 0.5) is 4.39 Å². The standard InChI is InChI=1S/C15H15FN2O3S/c1-9(15(20)21)18(2)14(19)12-8-17-13(22-12)7-10-3-5-11(16)6-4-10/h3-6,8-9H,7H2,1-2H3,(H,20,21). The van der Waals surface area contributed by atoms with E-state index in [1.54, 1.807) is 12.1 Å². The van der Waals surface area contributed by atoms with Crippen LogP contribution in [0.15, 0.2) is 30.5 Å². The highest BCUT2D eigenvalue weighted by molar-refractivity contribution is 7.13. The summed E-state index contributed by atoms with van der Waals surface area (Å²) < 4.78 is 12.9. The molecule has 0 fully saturated rings. The molecule has 0 spiro atoms. The predicted molar refractivity (Wildman–Crippen MR) is 80.5 cm³/mol. The number of carbonyl (C=O) groups is 2. The highest BCUT2D eigenvalue weighted by atomic mass is 32.1. The van der Waals surface area contributed by atoms with Crippen LogP contribution in [0.3, 0.4) is 0 Å². The number of carbonyl (C=O) groups excluding carboxylic acids is 1. The Kier molecular flexibility index (Phi) is 4.87. The van der Waals surface area contributed by atoms with Crippen LogP contribution in [0.25, 0.3) is 0 Å². The van der Waals surface area contributed by atoms with Gasteiger partial charge in [-0.05, 0) is 24.6 Å². The molecule has 0 bridgehead atoms. The molecule has 0 saturated heterocycles. The smallest absolute Gasteiger partial charge is 0.326 e. The molecule has 1 unspecified atom stereocenters. The van der Waals surface area contributed by atoms with E-state index >= 15 is 0 Å². The summed E-state index contributed by atoms with van der Waals surface area (Å²) in [5.74, 6) is -1.74.